The predicted molar refractivity (Wildman–Crippen MR) is 105 cm³/mol. The molecule has 3 aromatic rings. The molecule has 0 aliphatic heterocycles. The van der Waals surface area contributed by atoms with E-state index in [2.05, 4.69) is 10.6 Å². The number of urea groups is 1. The first kappa shape index (κ1) is 18.5. The number of ether oxygens (including phenoxy) is 2. The maximum atomic E-state index is 12.2. The number of fused-ring (bicyclic) bond motifs is 1. The molecule has 0 saturated heterocycles. The predicted octanol–water partition coefficient (Wildman–Crippen LogP) is 3.71. The minimum atomic E-state index is -0.818. The highest BCUT2D eigenvalue weighted by Gasteiger charge is 2.13. The molecule has 0 aliphatic rings. The van der Waals surface area contributed by atoms with Gasteiger partial charge in [-0.1, -0.05) is 42.5 Å². The molecule has 27 heavy (non-hydrogen) atoms. The van der Waals surface area contributed by atoms with Gasteiger partial charge in [0.2, 0.25) is 0 Å². The molecule has 140 valence electrons. The lowest BCUT2D eigenvalue weighted by atomic mass is 10.0. The van der Waals surface area contributed by atoms with Gasteiger partial charge in [-0.25, -0.2) is 4.79 Å². The molecule has 3 N–H and O–H groups in total. The van der Waals surface area contributed by atoms with Gasteiger partial charge in [-0.3, -0.25) is 0 Å². The SMILES string of the molecule is COc1cc(NC(=O)NCC(O)c2cccc3ccccc23)cc(OC)c1. The first-order valence-corrected chi connectivity index (χ1v) is 8.54. The summed E-state index contributed by atoms with van der Waals surface area (Å²) >= 11 is 0. The van der Waals surface area contributed by atoms with Crippen molar-refractivity contribution >= 4 is 22.5 Å². The number of hydrogen-bond donors (Lipinski definition) is 3. The van der Waals surface area contributed by atoms with Crippen LogP contribution in [0.15, 0.2) is 60.7 Å². The van der Waals surface area contributed by atoms with Gasteiger partial charge >= 0.3 is 6.03 Å². The Morgan fingerprint density at radius 1 is 1.00 bits per heavy atom. The Morgan fingerprint density at radius 3 is 2.37 bits per heavy atom. The van der Waals surface area contributed by atoms with E-state index in [0.717, 1.165) is 16.3 Å². The molecule has 0 spiro atoms. The minimum absolute atomic E-state index is 0.0843. The second kappa shape index (κ2) is 8.42. The average Bonchev–Trinajstić information content (AvgIpc) is 2.71. The monoisotopic (exact) mass is 366 g/mol. The van der Waals surface area contributed by atoms with E-state index >= 15 is 0 Å². The standard InChI is InChI=1S/C21H22N2O4/c1-26-16-10-15(11-17(12-16)27-2)23-21(25)22-13-20(24)19-9-5-7-14-6-3-4-8-18(14)19/h3-12,20,24H,13H2,1-2H3,(H2,22,23,25). The Labute approximate surface area is 157 Å². The summed E-state index contributed by atoms with van der Waals surface area (Å²) in [6, 6.07) is 18.2. The van der Waals surface area contributed by atoms with Crippen molar-refractivity contribution in [2.45, 2.75) is 6.10 Å². The molecular weight excluding hydrogens is 344 g/mol. The van der Waals surface area contributed by atoms with Crippen LogP contribution in [-0.4, -0.2) is 31.9 Å². The van der Waals surface area contributed by atoms with Crippen LogP contribution in [0.25, 0.3) is 10.8 Å². The smallest absolute Gasteiger partial charge is 0.319 e. The van der Waals surface area contributed by atoms with Crippen LogP contribution in [0, 0.1) is 0 Å². The van der Waals surface area contributed by atoms with Crippen molar-refractivity contribution in [1.29, 1.82) is 0 Å². The molecule has 0 aliphatic carbocycles. The van der Waals surface area contributed by atoms with Crippen LogP contribution in [0.3, 0.4) is 0 Å². The molecule has 0 fully saturated rings. The van der Waals surface area contributed by atoms with Gasteiger partial charge in [0.05, 0.1) is 20.3 Å². The first-order valence-electron chi connectivity index (χ1n) is 8.54. The van der Waals surface area contributed by atoms with E-state index in [1.165, 1.54) is 0 Å². The number of methoxy groups -OCH3 is 2. The molecule has 6 nitrogen and oxygen atoms in total. The Hall–Kier alpha value is -3.25. The molecule has 0 aromatic heterocycles. The zero-order chi connectivity index (χ0) is 19.2. The number of aliphatic hydroxyl groups is 1. The average molecular weight is 366 g/mol. The highest BCUT2D eigenvalue weighted by molar-refractivity contribution is 5.90. The molecule has 1 atom stereocenters. The number of aliphatic hydroxyl groups excluding tert-OH is 1. The fourth-order valence-electron chi connectivity index (χ4n) is 2.90. The van der Waals surface area contributed by atoms with Crippen LogP contribution in [-0.2, 0) is 0 Å². The summed E-state index contributed by atoms with van der Waals surface area (Å²) in [6.07, 6.45) is -0.818. The summed E-state index contributed by atoms with van der Waals surface area (Å²) in [4.78, 5) is 12.2. The summed E-state index contributed by atoms with van der Waals surface area (Å²) in [5.41, 5.74) is 1.31. The van der Waals surface area contributed by atoms with E-state index in [0.29, 0.717) is 17.2 Å². The number of nitrogens with one attached hydrogen (secondary N) is 2. The normalized spacial score (nSPS) is 11.7. The summed E-state index contributed by atoms with van der Waals surface area (Å²) in [5, 5.41) is 17.9. The largest absolute Gasteiger partial charge is 0.497 e. The number of carbonyl (C=O) groups is 1. The van der Waals surface area contributed by atoms with Crippen molar-refractivity contribution < 1.29 is 19.4 Å². The Balaban J connectivity index is 1.65. The lowest BCUT2D eigenvalue weighted by Crippen LogP contribution is -2.32. The molecule has 0 radical (unpaired) electrons. The van der Waals surface area contributed by atoms with Crippen molar-refractivity contribution in [2.24, 2.45) is 0 Å². The van der Waals surface area contributed by atoms with Crippen molar-refractivity contribution in [3.63, 3.8) is 0 Å². The van der Waals surface area contributed by atoms with Crippen LogP contribution in [0.2, 0.25) is 0 Å². The molecule has 3 aromatic carbocycles. The Morgan fingerprint density at radius 2 is 1.67 bits per heavy atom. The van der Waals surface area contributed by atoms with Crippen LogP contribution < -0.4 is 20.1 Å². The zero-order valence-corrected chi connectivity index (χ0v) is 15.2. The van der Waals surface area contributed by atoms with E-state index < -0.39 is 12.1 Å². The van der Waals surface area contributed by atoms with Crippen molar-refractivity contribution in [1.82, 2.24) is 5.32 Å². The molecule has 2 amide bonds. The van der Waals surface area contributed by atoms with E-state index in [4.69, 9.17) is 9.47 Å². The van der Waals surface area contributed by atoms with Crippen molar-refractivity contribution in [3.05, 3.63) is 66.2 Å². The lowest BCUT2D eigenvalue weighted by molar-refractivity contribution is 0.176. The maximum Gasteiger partial charge on any atom is 0.319 e. The van der Waals surface area contributed by atoms with Crippen molar-refractivity contribution in [3.8, 4) is 11.5 Å². The topological polar surface area (TPSA) is 79.8 Å². The summed E-state index contributed by atoms with van der Waals surface area (Å²) in [5.74, 6) is 1.14. The highest BCUT2D eigenvalue weighted by atomic mass is 16.5. The Kier molecular flexibility index (Phi) is 5.78. The van der Waals surface area contributed by atoms with Crippen LogP contribution in [0.1, 0.15) is 11.7 Å². The van der Waals surface area contributed by atoms with Gasteiger partial charge in [0.1, 0.15) is 11.5 Å². The lowest BCUT2D eigenvalue weighted by Gasteiger charge is -2.15. The van der Waals surface area contributed by atoms with E-state index in [1.807, 2.05) is 42.5 Å². The Bertz CT molecular complexity index is 915. The van der Waals surface area contributed by atoms with Gasteiger partial charge in [-0.2, -0.15) is 0 Å². The third kappa shape index (κ3) is 4.48. The van der Waals surface area contributed by atoms with Crippen molar-refractivity contribution in [2.75, 3.05) is 26.1 Å². The van der Waals surface area contributed by atoms with E-state index in [1.54, 1.807) is 32.4 Å². The summed E-state index contributed by atoms with van der Waals surface area (Å²) < 4.78 is 10.4. The number of anilines is 1. The van der Waals surface area contributed by atoms with Gasteiger partial charge in [-0.05, 0) is 16.3 Å². The number of amides is 2. The number of rotatable bonds is 6. The van der Waals surface area contributed by atoms with E-state index in [9.17, 15) is 9.90 Å². The number of benzene rings is 3. The molecule has 3 rings (SSSR count). The molecule has 6 heteroatoms. The minimum Gasteiger partial charge on any atom is -0.497 e. The molecule has 0 saturated carbocycles. The van der Waals surface area contributed by atoms with Crippen LogP contribution >= 0.6 is 0 Å². The fourth-order valence-corrected chi connectivity index (χ4v) is 2.90. The zero-order valence-electron chi connectivity index (χ0n) is 15.2. The summed E-state index contributed by atoms with van der Waals surface area (Å²) in [7, 11) is 3.08. The number of hydrogen-bond acceptors (Lipinski definition) is 4. The van der Waals surface area contributed by atoms with Gasteiger partial charge in [-0.15, -0.1) is 0 Å². The second-order valence-electron chi connectivity index (χ2n) is 6.02. The quantitative estimate of drug-likeness (QED) is 0.621. The van der Waals surface area contributed by atoms with Gasteiger partial charge in [0, 0.05) is 30.4 Å². The fraction of sp³-hybridized carbons (Fsp3) is 0.190. The number of carbonyl (C=O) groups excluding carboxylic acids is 1. The van der Waals surface area contributed by atoms with Gasteiger partial charge in [0.25, 0.3) is 0 Å². The molecule has 0 heterocycles. The van der Waals surface area contributed by atoms with Gasteiger partial charge in [0.15, 0.2) is 0 Å². The highest BCUT2D eigenvalue weighted by Crippen LogP contribution is 2.26. The van der Waals surface area contributed by atoms with Gasteiger partial charge < -0.3 is 25.2 Å². The maximum absolute atomic E-state index is 12.2. The van der Waals surface area contributed by atoms with E-state index in [-0.39, 0.29) is 6.54 Å². The second-order valence-corrected chi connectivity index (χ2v) is 6.02. The van der Waals surface area contributed by atoms with Crippen LogP contribution in [0.5, 0.6) is 11.5 Å². The summed E-state index contributed by atoms with van der Waals surface area (Å²) in [6.45, 7) is 0.0843. The third-order valence-corrected chi connectivity index (χ3v) is 4.25. The molecular formula is C21H22N2O4. The first-order chi connectivity index (χ1) is 13.1. The molecule has 1 unspecified atom stereocenters. The third-order valence-electron chi connectivity index (χ3n) is 4.25. The molecule has 0 bridgehead atoms. The van der Waals surface area contributed by atoms with Crippen LogP contribution in [0.4, 0.5) is 10.5 Å².